The summed E-state index contributed by atoms with van der Waals surface area (Å²) < 4.78 is 0. The summed E-state index contributed by atoms with van der Waals surface area (Å²) in [5.74, 6) is 0.682. The fraction of sp³-hybridized carbons (Fsp3) is 0.417. The zero-order valence-electron chi connectivity index (χ0n) is 19.2. The first-order valence-corrected chi connectivity index (χ1v) is 11.8. The number of H-pyrrole nitrogens is 1. The van der Waals surface area contributed by atoms with Gasteiger partial charge in [0, 0.05) is 49.7 Å². The highest BCUT2D eigenvalue weighted by Gasteiger charge is 2.34. The summed E-state index contributed by atoms with van der Waals surface area (Å²) in [7, 11) is 0. The molecule has 1 unspecified atom stereocenters. The molecule has 10 heteroatoms. The first-order valence-electron chi connectivity index (χ1n) is 11.4. The van der Waals surface area contributed by atoms with Crippen LogP contribution in [-0.4, -0.2) is 51.9 Å². The van der Waals surface area contributed by atoms with Crippen LogP contribution in [0.4, 0.5) is 5.82 Å². The molecule has 1 fully saturated rings. The van der Waals surface area contributed by atoms with Crippen molar-refractivity contribution < 1.29 is 9.59 Å². The van der Waals surface area contributed by atoms with Crippen LogP contribution < -0.4 is 21.3 Å². The summed E-state index contributed by atoms with van der Waals surface area (Å²) in [5.41, 5.74) is 7.82. The number of carbonyl (C=O) groups excluding carboxylic acids is 2. The number of hydrogen-bond acceptors (Lipinski definition) is 6. The lowest BCUT2D eigenvalue weighted by Gasteiger charge is -2.39. The molecule has 5 N–H and O–H groups in total. The minimum absolute atomic E-state index is 0.102. The quantitative estimate of drug-likeness (QED) is 0.390. The topological polar surface area (TPSA) is 129 Å². The van der Waals surface area contributed by atoms with E-state index in [1.165, 1.54) is 6.92 Å². The smallest absolute Gasteiger partial charge is 0.222 e. The molecule has 1 saturated heterocycles. The number of nitrogens with one attached hydrogen (secondary N) is 3. The van der Waals surface area contributed by atoms with Crippen LogP contribution in [0.25, 0.3) is 11.0 Å². The minimum Gasteiger partial charge on any atom is -0.356 e. The summed E-state index contributed by atoms with van der Waals surface area (Å²) >= 11 is 6.02. The highest BCUT2D eigenvalue weighted by molar-refractivity contribution is 6.30. The SMILES string of the molecule is CC(=O)NCCC(NC(=O)CC1(N)CCN(c2ncnc3[nH]ccc23)CC1)c1ccc(Cl)cc1. The van der Waals surface area contributed by atoms with Crippen molar-refractivity contribution in [2.75, 3.05) is 24.5 Å². The predicted octanol–water partition coefficient (Wildman–Crippen LogP) is 2.68. The highest BCUT2D eigenvalue weighted by atomic mass is 35.5. The second kappa shape index (κ2) is 10.4. The van der Waals surface area contributed by atoms with Crippen LogP contribution in [-0.2, 0) is 9.59 Å². The molecule has 2 aromatic heterocycles. The number of aromatic amines is 1. The van der Waals surface area contributed by atoms with E-state index in [1.54, 1.807) is 18.5 Å². The lowest BCUT2D eigenvalue weighted by atomic mass is 9.85. The number of aromatic nitrogens is 3. The second-order valence-electron chi connectivity index (χ2n) is 8.91. The van der Waals surface area contributed by atoms with E-state index >= 15 is 0 Å². The molecule has 4 rings (SSSR count). The third-order valence-corrected chi connectivity index (χ3v) is 6.57. The molecule has 2 amide bonds. The van der Waals surface area contributed by atoms with E-state index in [-0.39, 0.29) is 24.3 Å². The van der Waals surface area contributed by atoms with E-state index in [1.807, 2.05) is 24.4 Å². The molecule has 0 aliphatic carbocycles. The Morgan fingerprint density at radius 2 is 1.94 bits per heavy atom. The first kappa shape index (κ1) is 24.0. The number of piperidine rings is 1. The van der Waals surface area contributed by atoms with Gasteiger partial charge in [0.25, 0.3) is 0 Å². The summed E-state index contributed by atoms with van der Waals surface area (Å²) in [5, 5.41) is 7.51. The number of nitrogens with two attached hydrogens (primary N) is 1. The maximum atomic E-state index is 13.0. The molecule has 0 radical (unpaired) electrons. The van der Waals surface area contributed by atoms with Gasteiger partial charge in [0.15, 0.2) is 0 Å². The van der Waals surface area contributed by atoms with Gasteiger partial charge >= 0.3 is 0 Å². The highest BCUT2D eigenvalue weighted by Crippen LogP contribution is 2.30. The number of carbonyl (C=O) groups is 2. The molecule has 0 bridgehead atoms. The third kappa shape index (κ3) is 5.84. The number of amides is 2. The Labute approximate surface area is 203 Å². The third-order valence-electron chi connectivity index (χ3n) is 6.32. The Kier molecular flexibility index (Phi) is 7.33. The summed E-state index contributed by atoms with van der Waals surface area (Å²) in [6.45, 7) is 3.36. The van der Waals surface area contributed by atoms with Crippen molar-refractivity contribution >= 4 is 40.3 Å². The number of nitrogens with zero attached hydrogens (tertiary/aromatic N) is 3. The van der Waals surface area contributed by atoms with E-state index in [2.05, 4.69) is 30.5 Å². The van der Waals surface area contributed by atoms with Crippen molar-refractivity contribution in [1.29, 1.82) is 0 Å². The summed E-state index contributed by atoms with van der Waals surface area (Å²) in [6, 6.07) is 9.10. The Morgan fingerprint density at radius 1 is 1.21 bits per heavy atom. The van der Waals surface area contributed by atoms with Gasteiger partial charge in [-0.2, -0.15) is 0 Å². The Bertz CT molecular complexity index is 1140. The van der Waals surface area contributed by atoms with E-state index < -0.39 is 5.54 Å². The first-order chi connectivity index (χ1) is 16.3. The molecule has 180 valence electrons. The minimum atomic E-state index is -0.590. The van der Waals surface area contributed by atoms with Gasteiger partial charge < -0.3 is 26.3 Å². The lowest BCUT2D eigenvalue weighted by molar-refractivity contribution is -0.123. The number of hydrogen-bond donors (Lipinski definition) is 4. The van der Waals surface area contributed by atoms with Crippen molar-refractivity contribution in [2.24, 2.45) is 5.73 Å². The molecule has 34 heavy (non-hydrogen) atoms. The van der Waals surface area contributed by atoms with Gasteiger partial charge in [-0.1, -0.05) is 23.7 Å². The van der Waals surface area contributed by atoms with Gasteiger partial charge in [0.2, 0.25) is 11.8 Å². The monoisotopic (exact) mass is 483 g/mol. The van der Waals surface area contributed by atoms with Gasteiger partial charge in [-0.25, -0.2) is 9.97 Å². The van der Waals surface area contributed by atoms with E-state index in [9.17, 15) is 9.59 Å². The molecule has 1 aliphatic rings. The molecule has 9 nitrogen and oxygen atoms in total. The van der Waals surface area contributed by atoms with E-state index in [0.29, 0.717) is 43.9 Å². The van der Waals surface area contributed by atoms with Crippen molar-refractivity contribution in [3.63, 3.8) is 0 Å². The Hall–Kier alpha value is -3.17. The van der Waals surface area contributed by atoms with Gasteiger partial charge in [-0.3, -0.25) is 9.59 Å². The van der Waals surface area contributed by atoms with Crippen LogP contribution in [0.2, 0.25) is 5.02 Å². The number of anilines is 1. The Morgan fingerprint density at radius 3 is 2.65 bits per heavy atom. The zero-order chi connectivity index (χ0) is 24.1. The van der Waals surface area contributed by atoms with Gasteiger partial charge in [0.05, 0.1) is 11.4 Å². The molecule has 3 heterocycles. The molecule has 0 spiro atoms. The maximum Gasteiger partial charge on any atom is 0.222 e. The molecule has 1 aliphatic heterocycles. The second-order valence-corrected chi connectivity index (χ2v) is 9.34. The zero-order valence-corrected chi connectivity index (χ0v) is 19.9. The fourth-order valence-corrected chi connectivity index (χ4v) is 4.55. The van der Waals surface area contributed by atoms with Gasteiger partial charge in [-0.05, 0) is 43.0 Å². The van der Waals surface area contributed by atoms with Crippen LogP contribution in [0.3, 0.4) is 0 Å². The molecular formula is C24H30ClN7O2. The van der Waals surface area contributed by atoms with E-state index in [4.69, 9.17) is 17.3 Å². The largest absolute Gasteiger partial charge is 0.356 e. The summed E-state index contributed by atoms with van der Waals surface area (Å²) in [6.07, 6.45) is 5.56. The molecule has 0 saturated carbocycles. The van der Waals surface area contributed by atoms with Crippen molar-refractivity contribution in [3.8, 4) is 0 Å². The van der Waals surface area contributed by atoms with Crippen LogP contribution in [0.1, 0.15) is 44.2 Å². The maximum absolute atomic E-state index is 13.0. The molecule has 3 aromatic rings. The average molecular weight is 484 g/mol. The van der Waals surface area contributed by atoms with Crippen molar-refractivity contribution in [1.82, 2.24) is 25.6 Å². The van der Waals surface area contributed by atoms with Gasteiger partial charge in [0.1, 0.15) is 17.8 Å². The van der Waals surface area contributed by atoms with Crippen molar-refractivity contribution in [3.05, 3.63) is 53.4 Å². The normalized spacial score (nSPS) is 16.3. The number of rotatable bonds is 8. The fourth-order valence-electron chi connectivity index (χ4n) is 4.43. The standard InChI is InChI=1S/C24H30ClN7O2/c1-16(33)27-11-7-20(17-2-4-18(25)5-3-17)31-21(34)14-24(26)8-12-32(13-9-24)23-19-6-10-28-22(19)29-15-30-23/h2-6,10,15,20H,7-9,11-14,26H2,1H3,(H,27,33)(H,31,34)(H,28,29,30). The molecule has 1 atom stereocenters. The van der Waals surface area contributed by atoms with Crippen molar-refractivity contribution in [2.45, 2.75) is 44.2 Å². The Balaban J connectivity index is 1.37. The number of halogens is 1. The van der Waals surface area contributed by atoms with Crippen LogP contribution in [0, 0.1) is 0 Å². The average Bonchev–Trinajstić information content (AvgIpc) is 3.28. The van der Waals surface area contributed by atoms with Crippen LogP contribution in [0.15, 0.2) is 42.9 Å². The van der Waals surface area contributed by atoms with Crippen LogP contribution in [0.5, 0.6) is 0 Å². The molecule has 1 aromatic carbocycles. The predicted molar refractivity (Wildman–Crippen MR) is 133 cm³/mol. The number of fused-ring (bicyclic) bond motifs is 1. The lowest BCUT2D eigenvalue weighted by Crippen LogP contribution is -2.53. The van der Waals surface area contributed by atoms with Gasteiger partial charge in [-0.15, -0.1) is 0 Å². The molecular weight excluding hydrogens is 454 g/mol. The summed E-state index contributed by atoms with van der Waals surface area (Å²) in [4.78, 5) is 38.3. The van der Waals surface area contributed by atoms with Crippen LogP contribution >= 0.6 is 11.6 Å². The van der Waals surface area contributed by atoms with E-state index in [0.717, 1.165) is 22.4 Å². The number of benzene rings is 1.